The lowest BCUT2D eigenvalue weighted by Gasteiger charge is -2.29. The van der Waals surface area contributed by atoms with E-state index in [4.69, 9.17) is 5.11 Å². The molecule has 1 aromatic rings. The maximum atomic E-state index is 11.0. The van der Waals surface area contributed by atoms with E-state index in [-0.39, 0.29) is 11.6 Å². The Kier molecular flexibility index (Phi) is 3.82. The quantitative estimate of drug-likeness (QED) is 0.840. The fourth-order valence-electron chi connectivity index (χ4n) is 1.39. The van der Waals surface area contributed by atoms with Gasteiger partial charge in [0.2, 0.25) is 0 Å². The molecule has 0 aliphatic heterocycles. The third-order valence-corrected chi connectivity index (χ3v) is 2.84. The van der Waals surface area contributed by atoms with Gasteiger partial charge in [-0.1, -0.05) is 13.8 Å². The maximum absolute atomic E-state index is 11.0. The number of carboxylic acids is 1. The van der Waals surface area contributed by atoms with Gasteiger partial charge < -0.3 is 10.0 Å². The van der Waals surface area contributed by atoms with Crippen molar-refractivity contribution in [1.82, 2.24) is 10.2 Å². The monoisotopic (exact) mass is 223 g/mol. The number of rotatable bonds is 4. The van der Waals surface area contributed by atoms with Crippen LogP contribution in [0, 0.1) is 5.92 Å². The molecule has 1 N–H and O–H groups in total. The molecule has 0 bridgehead atoms. The van der Waals surface area contributed by atoms with Crippen LogP contribution < -0.4 is 4.90 Å². The van der Waals surface area contributed by atoms with Crippen LogP contribution in [-0.2, 0) is 0 Å². The first-order valence-corrected chi connectivity index (χ1v) is 5.23. The molecular formula is C11H17N3O2. The normalized spacial score (nSPS) is 12.6. The Morgan fingerprint density at radius 2 is 2.06 bits per heavy atom. The summed E-state index contributed by atoms with van der Waals surface area (Å²) in [5.74, 6) is -0.155. The van der Waals surface area contributed by atoms with E-state index < -0.39 is 5.97 Å². The molecule has 0 spiro atoms. The smallest absolute Gasteiger partial charge is 0.339 e. The minimum atomic E-state index is -0.979. The molecule has 1 unspecified atom stereocenters. The van der Waals surface area contributed by atoms with E-state index in [0.29, 0.717) is 11.7 Å². The van der Waals surface area contributed by atoms with E-state index in [0.717, 1.165) is 0 Å². The van der Waals surface area contributed by atoms with Gasteiger partial charge >= 0.3 is 5.97 Å². The zero-order chi connectivity index (χ0) is 12.3. The molecule has 0 aromatic carbocycles. The molecule has 0 radical (unpaired) electrons. The third-order valence-electron chi connectivity index (χ3n) is 2.84. The highest BCUT2D eigenvalue weighted by atomic mass is 16.4. The third kappa shape index (κ3) is 2.48. The molecule has 0 aliphatic rings. The first kappa shape index (κ1) is 12.4. The van der Waals surface area contributed by atoms with E-state index in [9.17, 15) is 4.79 Å². The molecule has 5 nitrogen and oxygen atoms in total. The molecule has 88 valence electrons. The summed E-state index contributed by atoms with van der Waals surface area (Å²) in [5, 5.41) is 16.7. The zero-order valence-corrected chi connectivity index (χ0v) is 10.0. The lowest BCUT2D eigenvalue weighted by Crippen LogP contribution is -2.35. The van der Waals surface area contributed by atoms with Gasteiger partial charge in [-0.25, -0.2) is 4.79 Å². The Hall–Kier alpha value is -1.65. The second kappa shape index (κ2) is 4.92. The van der Waals surface area contributed by atoms with Gasteiger partial charge in [0.1, 0.15) is 5.56 Å². The number of nitrogens with zero attached hydrogens (tertiary/aromatic N) is 3. The molecule has 0 amide bonds. The van der Waals surface area contributed by atoms with E-state index in [1.54, 1.807) is 0 Å². The highest BCUT2D eigenvalue weighted by Crippen LogP contribution is 2.20. The predicted octanol–water partition coefficient (Wildman–Crippen LogP) is 1.66. The summed E-state index contributed by atoms with van der Waals surface area (Å²) in [6.07, 6.45) is 1.39. The summed E-state index contributed by atoms with van der Waals surface area (Å²) in [6.45, 7) is 6.20. The van der Waals surface area contributed by atoms with Gasteiger partial charge in [-0.15, -0.1) is 5.10 Å². The van der Waals surface area contributed by atoms with Crippen molar-refractivity contribution in [3.8, 4) is 0 Å². The Bertz CT molecular complexity index is 379. The van der Waals surface area contributed by atoms with Crippen LogP contribution in [0.4, 0.5) is 5.82 Å². The first-order chi connectivity index (χ1) is 7.45. The molecule has 0 saturated carbocycles. The van der Waals surface area contributed by atoms with E-state index in [1.807, 2.05) is 18.9 Å². The molecule has 1 aromatic heterocycles. The van der Waals surface area contributed by atoms with Gasteiger partial charge in [0, 0.05) is 13.1 Å². The summed E-state index contributed by atoms with van der Waals surface area (Å²) < 4.78 is 0. The van der Waals surface area contributed by atoms with E-state index >= 15 is 0 Å². The van der Waals surface area contributed by atoms with Crippen LogP contribution in [0.3, 0.4) is 0 Å². The van der Waals surface area contributed by atoms with Crippen molar-refractivity contribution < 1.29 is 9.90 Å². The number of aromatic carboxylic acids is 1. The lowest BCUT2D eigenvalue weighted by atomic mass is 10.0. The second-order valence-corrected chi connectivity index (χ2v) is 4.17. The second-order valence-electron chi connectivity index (χ2n) is 4.17. The SMILES string of the molecule is CC(C)C(C)N(C)c1nnccc1C(=O)O. The van der Waals surface area contributed by atoms with Gasteiger partial charge in [-0.2, -0.15) is 5.10 Å². The van der Waals surface area contributed by atoms with E-state index in [1.165, 1.54) is 12.3 Å². The van der Waals surface area contributed by atoms with Crippen molar-refractivity contribution in [2.45, 2.75) is 26.8 Å². The first-order valence-electron chi connectivity index (χ1n) is 5.23. The average molecular weight is 223 g/mol. The fourth-order valence-corrected chi connectivity index (χ4v) is 1.39. The van der Waals surface area contributed by atoms with Crippen molar-refractivity contribution in [3.63, 3.8) is 0 Å². The van der Waals surface area contributed by atoms with Gasteiger partial charge in [-0.3, -0.25) is 0 Å². The Balaban J connectivity index is 3.08. The number of aromatic nitrogens is 2. The number of hydrogen-bond donors (Lipinski definition) is 1. The number of anilines is 1. The van der Waals surface area contributed by atoms with Crippen LogP contribution in [0.5, 0.6) is 0 Å². The number of carboxylic acid groups (broad SMARTS) is 1. The van der Waals surface area contributed by atoms with Crippen molar-refractivity contribution in [1.29, 1.82) is 0 Å². The topological polar surface area (TPSA) is 66.3 Å². The summed E-state index contributed by atoms with van der Waals surface area (Å²) in [7, 11) is 1.83. The van der Waals surface area contributed by atoms with E-state index in [2.05, 4.69) is 24.0 Å². The van der Waals surface area contributed by atoms with Crippen molar-refractivity contribution in [2.24, 2.45) is 5.92 Å². The van der Waals surface area contributed by atoms with Crippen molar-refractivity contribution in [2.75, 3.05) is 11.9 Å². The Morgan fingerprint density at radius 1 is 1.44 bits per heavy atom. The van der Waals surface area contributed by atoms with Gasteiger partial charge in [0.25, 0.3) is 0 Å². The highest BCUT2D eigenvalue weighted by Gasteiger charge is 2.20. The van der Waals surface area contributed by atoms with Crippen LogP contribution in [0.2, 0.25) is 0 Å². The average Bonchev–Trinajstić information content (AvgIpc) is 2.26. The number of carbonyl (C=O) groups is 1. The molecule has 1 heterocycles. The lowest BCUT2D eigenvalue weighted by molar-refractivity contribution is 0.0697. The summed E-state index contributed by atoms with van der Waals surface area (Å²) >= 11 is 0. The van der Waals surface area contributed by atoms with Crippen molar-refractivity contribution in [3.05, 3.63) is 17.8 Å². The van der Waals surface area contributed by atoms with Crippen LogP contribution in [0.1, 0.15) is 31.1 Å². The molecule has 16 heavy (non-hydrogen) atoms. The Morgan fingerprint density at radius 3 is 2.56 bits per heavy atom. The van der Waals surface area contributed by atoms with Crippen molar-refractivity contribution >= 4 is 11.8 Å². The van der Waals surface area contributed by atoms with Gasteiger partial charge in [0.05, 0.1) is 6.20 Å². The zero-order valence-electron chi connectivity index (χ0n) is 10.0. The number of hydrogen-bond acceptors (Lipinski definition) is 4. The molecule has 0 saturated heterocycles. The van der Waals surface area contributed by atoms with Crippen LogP contribution >= 0.6 is 0 Å². The van der Waals surface area contributed by atoms with Gasteiger partial charge in [0.15, 0.2) is 5.82 Å². The van der Waals surface area contributed by atoms with Gasteiger partial charge in [-0.05, 0) is 18.9 Å². The molecule has 5 heteroatoms. The Labute approximate surface area is 95.1 Å². The minimum absolute atomic E-state index is 0.185. The standard InChI is InChI=1S/C11H17N3O2/c1-7(2)8(3)14(4)10-9(11(15)16)5-6-12-13-10/h5-8H,1-4H3,(H,15,16). The summed E-state index contributed by atoms with van der Waals surface area (Å²) in [4.78, 5) is 12.9. The molecular weight excluding hydrogens is 206 g/mol. The molecule has 1 rings (SSSR count). The van der Waals surface area contributed by atoms with Crippen LogP contribution in [0.25, 0.3) is 0 Å². The molecule has 1 atom stereocenters. The summed E-state index contributed by atoms with van der Waals surface area (Å²) in [6, 6.07) is 1.67. The predicted molar refractivity (Wildman–Crippen MR) is 61.7 cm³/mol. The highest BCUT2D eigenvalue weighted by molar-refractivity contribution is 5.93. The van der Waals surface area contributed by atoms with Crippen LogP contribution in [0.15, 0.2) is 12.3 Å². The molecule has 0 aliphatic carbocycles. The van der Waals surface area contributed by atoms with Crippen LogP contribution in [-0.4, -0.2) is 34.4 Å². The fraction of sp³-hybridized carbons (Fsp3) is 0.545. The minimum Gasteiger partial charge on any atom is -0.478 e. The largest absolute Gasteiger partial charge is 0.478 e. The summed E-state index contributed by atoms with van der Waals surface area (Å²) in [5.41, 5.74) is 0.185. The molecule has 0 fully saturated rings. The maximum Gasteiger partial charge on any atom is 0.339 e.